The fourth-order valence-electron chi connectivity index (χ4n) is 3.42. The van der Waals surface area contributed by atoms with E-state index in [4.69, 9.17) is 0 Å². The van der Waals surface area contributed by atoms with Crippen LogP contribution >= 0.6 is 0 Å². The number of benzene rings is 1. The van der Waals surface area contributed by atoms with Crippen molar-refractivity contribution >= 4 is 28.6 Å². The number of hydrogen-bond acceptors (Lipinski definition) is 3. The van der Waals surface area contributed by atoms with Crippen molar-refractivity contribution < 1.29 is 23.9 Å². The lowest BCUT2D eigenvalue weighted by Gasteiger charge is -2.22. The third-order valence-corrected chi connectivity index (χ3v) is 4.57. The molecule has 7 heteroatoms. The number of aromatic nitrogens is 1. The predicted molar refractivity (Wildman–Crippen MR) is 89.2 cm³/mol. The van der Waals surface area contributed by atoms with Gasteiger partial charge in [-0.1, -0.05) is 18.2 Å². The standard InChI is InChI=1S/C18H19FN2O4/c1-11(22)13-8-20(14-6-4-3-5-12(13)14)9-16(23)21-10-18(2,19)7-15(21)17(24)25/h3-6,8,15H,7,9-10H2,1-2H3,(H,24,25)/t15-,18+/m0/s1. The maximum absolute atomic E-state index is 14.2. The van der Waals surface area contributed by atoms with Crippen LogP contribution in [-0.4, -0.2) is 50.5 Å². The van der Waals surface area contributed by atoms with Crippen molar-refractivity contribution in [2.75, 3.05) is 6.54 Å². The molecule has 1 aliphatic heterocycles. The van der Waals surface area contributed by atoms with Crippen LogP contribution < -0.4 is 0 Å². The van der Waals surface area contributed by atoms with Crippen LogP contribution in [0.15, 0.2) is 30.5 Å². The van der Waals surface area contributed by atoms with Gasteiger partial charge >= 0.3 is 5.97 Å². The number of nitrogens with zero attached hydrogens (tertiary/aromatic N) is 2. The molecule has 3 rings (SSSR count). The molecule has 132 valence electrons. The molecule has 2 heterocycles. The lowest BCUT2D eigenvalue weighted by atomic mass is 10.1. The number of alkyl halides is 1. The Labute approximate surface area is 143 Å². The van der Waals surface area contributed by atoms with E-state index in [1.165, 1.54) is 13.8 Å². The topological polar surface area (TPSA) is 79.6 Å². The van der Waals surface area contributed by atoms with Crippen LogP contribution in [0.5, 0.6) is 0 Å². The quantitative estimate of drug-likeness (QED) is 0.861. The van der Waals surface area contributed by atoms with E-state index >= 15 is 0 Å². The fraction of sp³-hybridized carbons (Fsp3) is 0.389. The molecule has 0 bridgehead atoms. The van der Waals surface area contributed by atoms with Gasteiger partial charge in [-0.2, -0.15) is 0 Å². The minimum absolute atomic E-state index is 0.122. The summed E-state index contributed by atoms with van der Waals surface area (Å²) in [5.74, 6) is -1.82. The van der Waals surface area contributed by atoms with E-state index in [9.17, 15) is 23.9 Å². The lowest BCUT2D eigenvalue weighted by Crippen LogP contribution is -2.42. The maximum atomic E-state index is 14.2. The second-order valence-corrected chi connectivity index (χ2v) is 6.74. The van der Waals surface area contributed by atoms with Crippen molar-refractivity contribution in [1.82, 2.24) is 9.47 Å². The molecule has 1 aliphatic rings. The number of amides is 1. The van der Waals surface area contributed by atoms with E-state index in [0.29, 0.717) is 11.1 Å². The van der Waals surface area contributed by atoms with E-state index in [0.717, 1.165) is 10.3 Å². The SMILES string of the molecule is CC(=O)c1cn(CC(=O)N2C[C@](C)(F)C[C@H]2C(=O)O)c2ccccc12. The molecular formula is C18H19FN2O4. The number of rotatable bonds is 4. The number of para-hydroxylation sites is 1. The molecule has 1 aromatic heterocycles. The number of aliphatic carboxylic acids is 1. The molecular weight excluding hydrogens is 327 g/mol. The van der Waals surface area contributed by atoms with Gasteiger partial charge in [-0.3, -0.25) is 9.59 Å². The van der Waals surface area contributed by atoms with Gasteiger partial charge < -0.3 is 14.6 Å². The van der Waals surface area contributed by atoms with Crippen LogP contribution in [0.4, 0.5) is 4.39 Å². The largest absolute Gasteiger partial charge is 0.480 e. The zero-order valence-corrected chi connectivity index (χ0v) is 14.0. The third-order valence-electron chi connectivity index (χ3n) is 4.57. The Hall–Kier alpha value is -2.70. The Kier molecular flexibility index (Phi) is 4.10. The van der Waals surface area contributed by atoms with Gasteiger partial charge in [0.25, 0.3) is 0 Å². The number of halogens is 1. The minimum Gasteiger partial charge on any atom is -0.480 e. The van der Waals surface area contributed by atoms with E-state index in [2.05, 4.69) is 0 Å². The van der Waals surface area contributed by atoms with Crippen LogP contribution in [-0.2, 0) is 16.1 Å². The van der Waals surface area contributed by atoms with Crippen LogP contribution in [0.1, 0.15) is 30.6 Å². The van der Waals surface area contributed by atoms with Gasteiger partial charge in [0.2, 0.25) is 5.91 Å². The summed E-state index contributed by atoms with van der Waals surface area (Å²) in [5, 5.41) is 10.00. The molecule has 1 saturated heterocycles. The molecule has 0 saturated carbocycles. The number of Topliss-reactive ketones (excluding diaryl/α,β-unsaturated/α-hetero) is 1. The molecule has 2 atom stereocenters. The first-order valence-electron chi connectivity index (χ1n) is 7.99. The Balaban J connectivity index is 1.92. The first-order chi connectivity index (χ1) is 11.7. The fourth-order valence-corrected chi connectivity index (χ4v) is 3.42. The zero-order chi connectivity index (χ0) is 18.4. The van der Waals surface area contributed by atoms with E-state index in [-0.39, 0.29) is 25.3 Å². The van der Waals surface area contributed by atoms with Crippen molar-refractivity contribution in [2.24, 2.45) is 0 Å². The number of carbonyl (C=O) groups is 3. The average Bonchev–Trinajstić information content (AvgIpc) is 3.05. The number of ketones is 1. The molecule has 1 fully saturated rings. The summed E-state index contributed by atoms with van der Waals surface area (Å²) < 4.78 is 15.8. The first kappa shape index (κ1) is 17.1. The van der Waals surface area contributed by atoms with E-state index in [1.807, 2.05) is 0 Å². The van der Waals surface area contributed by atoms with Crippen LogP contribution in [0.2, 0.25) is 0 Å². The highest BCUT2D eigenvalue weighted by molar-refractivity contribution is 6.07. The zero-order valence-electron chi connectivity index (χ0n) is 14.0. The summed E-state index contributed by atoms with van der Waals surface area (Å²) in [7, 11) is 0. The summed E-state index contributed by atoms with van der Waals surface area (Å²) in [4.78, 5) is 36.9. The number of likely N-dealkylation sites (tertiary alicyclic amines) is 1. The van der Waals surface area contributed by atoms with Gasteiger partial charge in [0.05, 0.1) is 6.54 Å². The van der Waals surface area contributed by atoms with Crippen molar-refractivity contribution in [1.29, 1.82) is 0 Å². The smallest absolute Gasteiger partial charge is 0.326 e. The van der Waals surface area contributed by atoms with Gasteiger partial charge in [0.15, 0.2) is 5.78 Å². The molecule has 1 aromatic carbocycles. The third kappa shape index (κ3) is 3.14. The van der Waals surface area contributed by atoms with Crippen molar-refractivity contribution in [3.63, 3.8) is 0 Å². The number of carboxylic acid groups (broad SMARTS) is 1. The highest BCUT2D eigenvalue weighted by atomic mass is 19.1. The number of hydrogen-bond donors (Lipinski definition) is 1. The van der Waals surface area contributed by atoms with Gasteiger partial charge in [-0.15, -0.1) is 0 Å². The Morgan fingerprint density at radius 1 is 1.32 bits per heavy atom. The predicted octanol–water partition coefficient (Wildman–Crippen LogP) is 2.26. The van der Waals surface area contributed by atoms with Gasteiger partial charge in [0, 0.05) is 29.1 Å². The molecule has 0 unspecified atom stereocenters. The number of fused-ring (bicyclic) bond motifs is 1. The first-order valence-corrected chi connectivity index (χ1v) is 7.99. The van der Waals surface area contributed by atoms with Crippen molar-refractivity contribution in [3.05, 3.63) is 36.0 Å². The molecule has 1 amide bonds. The Morgan fingerprint density at radius 3 is 2.64 bits per heavy atom. The monoisotopic (exact) mass is 346 g/mol. The van der Waals surface area contributed by atoms with Gasteiger partial charge in [-0.25, -0.2) is 9.18 Å². The summed E-state index contributed by atoms with van der Waals surface area (Å²) in [5.41, 5.74) is -0.521. The molecule has 6 nitrogen and oxygen atoms in total. The molecule has 0 spiro atoms. The van der Waals surface area contributed by atoms with Crippen LogP contribution in [0.25, 0.3) is 10.9 Å². The highest BCUT2D eigenvalue weighted by Gasteiger charge is 2.46. The van der Waals surface area contributed by atoms with Crippen LogP contribution in [0, 0.1) is 0 Å². The summed E-state index contributed by atoms with van der Waals surface area (Å²) in [6.07, 6.45) is 1.37. The number of carbonyl (C=O) groups excluding carboxylic acids is 2. The normalized spacial score (nSPS) is 23.2. The molecule has 1 N–H and O–H groups in total. The second kappa shape index (κ2) is 5.98. The van der Waals surface area contributed by atoms with Gasteiger partial charge in [0.1, 0.15) is 18.3 Å². The Bertz CT molecular complexity index is 871. The van der Waals surface area contributed by atoms with E-state index < -0.39 is 23.6 Å². The maximum Gasteiger partial charge on any atom is 0.326 e. The van der Waals surface area contributed by atoms with Crippen LogP contribution in [0.3, 0.4) is 0 Å². The van der Waals surface area contributed by atoms with Gasteiger partial charge in [-0.05, 0) is 19.9 Å². The number of carboxylic acids is 1. The molecule has 0 aliphatic carbocycles. The summed E-state index contributed by atoms with van der Waals surface area (Å²) in [6, 6.07) is 6.00. The molecule has 25 heavy (non-hydrogen) atoms. The summed E-state index contributed by atoms with van der Waals surface area (Å²) >= 11 is 0. The van der Waals surface area contributed by atoms with E-state index in [1.54, 1.807) is 35.0 Å². The molecule has 2 aromatic rings. The second-order valence-electron chi connectivity index (χ2n) is 6.74. The summed E-state index contributed by atoms with van der Waals surface area (Å²) in [6.45, 7) is 2.35. The molecule has 0 radical (unpaired) electrons. The van der Waals surface area contributed by atoms with Crippen molar-refractivity contribution in [2.45, 2.75) is 38.5 Å². The average molecular weight is 346 g/mol. The minimum atomic E-state index is -1.72. The lowest BCUT2D eigenvalue weighted by molar-refractivity contribution is -0.148. The Morgan fingerprint density at radius 2 is 2.00 bits per heavy atom. The highest BCUT2D eigenvalue weighted by Crippen LogP contribution is 2.31. The van der Waals surface area contributed by atoms with Crippen molar-refractivity contribution in [3.8, 4) is 0 Å².